The lowest BCUT2D eigenvalue weighted by Crippen LogP contribution is -2.14. The van der Waals surface area contributed by atoms with Crippen molar-refractivity contribution in [3.8, 4) is 39.9 Å². The normalized spacial score (nSPS) is 16.3. The molecule has 0 fully saturated rings. The van der Waals surface area contributed by atoms with Gasteiger partial charge in [0.05, 0.1) is 117 Å². The predicted molar refractivity (Wildman–Crippen MR) is 325 cm³/mol. The van der Waals surface area contributed by atoms with Gasteiger partial charge in [-0.1, -0.05) is 182 Å². The first-order valence-electron chi connectivity index (χ1n) is 36.6. The molecule has 12 aromatic carbocycles. The highest BCUT2D eigenvalue weighted by Crippen LogP contribution is 2.54. The van der Waals surface area contributed by atoms with Crippen LogP contribution in [0.25, 0.3) is 159 Å². The van der Waals surface area contributed by atoms with Crippen molar-refractivity contribution >= 4 is 126 Å². The Morgan fingerprint density at radius 1 is 0.380 bits per heavy atom. The Hall–Kier alpha value is -11.1. The van der Waals surface area contributed by atoms with Crippen LogP contribution in [-0.4, -0.2) is 18.3 Å². The fraction of sp³-hybridized carbons (Fsp3) is 0. The number of furan rings is 1. The van der Waals surface area contributed by atoms with E-state index in [1.165, 1.54) is 4.57 Å². The Balaban J connectivity index is 1.32. The molecule has 0 bridgehead atoms. The van der Waals surface area contributed by atoms with Gasteiger partial charge in [-0.15, -0.1) is 0 Å². The molecule has 0 N–H and O–H groups in total. The molecule has 7 heteroatoms. The summed E-state index contributed by atoms with van der Waals surface area (Å²) in [5, 5.41) is 12.7. The first-order valence-corrected chi connectivity index (χ1v) is 24.6. The monoisotopic (exact) mass is 1030 g/mol. The lowest BCUT2D eigenvalue weighted by atomic mass is 9.94. The van der Waals surface area contributed by atoms with Crippen molar-refractivity contribution in [3.05, 3.63) is 259 Å². The van der Waals surface area contributed by atoms with Crippen molar-refractivity contribution in [3.63, 3.8) is 0 Å². The van der Waals surface area contributed by atoms with Gasteiger partial charge in [0, 0.05) is 48.5 Å². The van der Waals surface area contributed by atoms with Crippen molar-refractivity contribution in [1.82, 2.24) is 18.3 Å². The predicted octanol–water partition coefficient (Wildman–Crippen LogP) is 19.2. The van der Waals surface area contributed by atoms with E-state index < -0.39 is 244 Å². The third-order valence-corrected chi connectivity index (χ3v) is 15.0. The highest BCUT2D eigenvalue weighted by atomic mass is 16.3. The molecule has 0 aliphatic rings. The lowest BCUT2D eigenvalue weighted by Gasteiger charge is -2.27. The van der Waals surface area contributed by atoms with Crippen molar-refractivity contribution in [2.24, 2.45) is 0 Å². The molecule has 0 saturated heterocycles. The number of benzene rings is 12. The molecule has 0 saturated carbocycles. The molecule has 5 aromatic heterocycles. The van der Waals surface area contributed by atoms with Gasteiger partial charge in [-0.05, 0) is 82.4 Å². The number of para-hydroxylation sites is 7. The first-order chi connectivity index (χ1) is 49.2. The van der Waals surface area contributed by atoms with E-state index in [0.29, 0.717) is 38.3 Å². The highest BCUT2D eigenvalue weighted by Gasteiger charge is 2.35. The maximum atomic E-state index is 13.1. The SMILES string of the molecule is [2H]c1c([2H])c([2H])c2c(c1[2H])c1c([2H])c([2H])c([2H])c([2H])c1n2-c1c(C#N)c(-n2c3c([2H])c([2H])c([2H])c([2H])c3c3c([2H])c([2H])c([2H])c([2H])c32)c(-n2c3cccc(-c4cccc5ccccc45)c3c3ccc4oc5ccccc5c4c32)c(-n2c3c([2H])c([2H])c([2H])c([2H])c3c3c([2H])c([2H])c([2H])c([2H])c32)c1[N+]#[C-]. The molecule has 0 spiro atoms. The molecule has 0 aliphatic heterocycles. The lowest BCUT2D eigenvalue weighted by molar-refractivity contribution is 0.669. The van der Waals surface area contributed by atoms with Gasteiger partial charge in [0.15, 0.2) is 0 Å². The smallest absolute Gasteiger partial charge is 0.237 e. The number of hydrogen-bond donors (Lipinski definition) is 0. The number of rotatable bonds is 5. The Morgan fingerprint density at radius 3 is 1.41 bits per heavy atom. The van der Waals surface area contributed by atoms with Gasteiger partial charge in [-0.2, -0.15) is 5.26 Å². The molecule has 17 aromatic rings. The minimum absolute atomic E-state index is 0.120. The summed E-state index contributed by atoms with van der Waals surface area (Å²) in [6, 6.07) is 8.86. The van der Waals surface area contributed by atoms with Crippen LogP contribution in [0.3, 0.4) is 0 Å². The zero-order valence-electron chi connectivity index (χ0n) is 64.3. The quantitative estimate of drug-likeness (QED) is 0.161. The van der Waals surface area contributed by atoms with Crippen LogP contribution in [0, 0.1) is 17.9 Å². The Labute approximate surface area is 484 Å². The van der Waals surface area contributed by atoms with Gasteiger partial charge < -0.3 is 22.7 Å². The Bertz CT molecular complexity index is 6650. The Kier molecular flexibility index (Phi) is 5.35. The van der Waals surface area contributed by atoms with E-state index in [-0.39, 0.29) is 16.6 Å². The second-order valence-electron chi connectivity index (χ2n) is 18.7. The molecule has 79 heavy (non-hydrogen) atoms. The summed E-state index contributed by atoms with van der Waals surface area (Å²) in [5.74, 6) is 0. The molecule has 7 nitrogen and oxygen atoms in total. The number of hydrogen-bond acceptors (Lipinski definition) is 2. The van der Waals surface area contributed by atoms with E-state index in [4.69, 9.17) is 7.16 Å². The second kappa shape index (κ2) is 16.2. The third kappa shape index (κ3) is 5.72. The maximum Gasteiger partial charge on any atom is 0.237 e. The fourth-order valence-electron chi connectivity index (χ4n) is 12.0. The molecular formula is C72H40N6O. The van der Waals surface area contributed by atoms with Crippen LogP contribution in [0.15, 0.2) is 246 Å². The van der Waals surface area contributed by atoms with E-state index in [1.54, 1.807) is 48.5 Å². The highest BCUT2D eigenvalue weighted by molar-refractivity contribution is 6.28. The minimum atomic E-state index is -0.968. The van der Waals surface area contributed by atoms with Crippen molar-refractivity contribution < 1.29 is 37.3 Å². The van der Waals surface area contributed by atoms with Gasteiger partial charge in [0.2, 0.25) is 5.69 Å². The van der Waals surface area contributed by atoms with Gasteiger partial charge in [-0.3, -0.25) is 0 Å². The molecule has 0 amide bonds. The van der Waals surface area contributed by atoms with Crippen molar-refractivity contribution in [2.45, 2.75) is 0 Å². The van der Waals surface area contributed by atoms with Crippen LogP contribution in [0.4, 0.5) is 5.69 Å². The van der Waals surface area contributed by atoms with Crippen LogP contribution >= 0.6 is 0 Å². The molecule has 0 radical (unpaired) electrons. The first kappa shape index (κ1) is 26.1. The summed E-state index contributed by atoms with van der Waals surface area (Å²) in [5.41, 5.74) is -7.01. The molecule has 0 aliphatic carbocycles. The number of nitriles is 1. The van der Waals surface area contributed by atoms with E-state index in [0.717, 1.165) is 24.5 Å². The van der Waals surface area contributed by atoms with Crippen LogP contribution in [0.1, 0.15) is 38.5 Å². The Morgan fingerprint density at radius 2 is 0.848 bits per heavy atom. The zero-order valence-corrected chi connectivity index (χ0v) is 40.3. The summed E-state index contributed by atoms with van der Waals surface area (Å²) < 4.78 is 241. The van der Waals surface area contributed by atoms with E-state index in [2.05, 4.69) is 10.9 Å². The fourth-order valence-corrected chi connectivity index (χ4v) is 12.0. The standard InChI is InChI=1S/C72H40N6O/c1-74-67-69(75-56-32-11-4-23-46(56)47-24-5-12-33-57(47)75)55(42-73)70(76-58-34-13-6-25-48(58)49-26-7-14-35-59(49)76)72(71(67)77-60-36-15-8-27-50(60)51-28-9-16-37-61(51)77)78-62-38-19-31-52(45-30-18-21-43-20-2-3-22-44(43)45)65(62)54-40-41-64-66(68(54)78)53-29-10-17-39-63(53)79-64/h2-41H/i4D,5D,6D,7D,8D,9D,11D,12D,13D,14D,15D,16D,23D,24D,25D,26D,27D,28D,32D,33D,34D,35D,36D,37D. The van der Waals surface area contributed by atoms with Crippen molar-refractivity contribution in [1.29, 1.82) is 5.26 Å². The zero-order chi connectivity index (χ0) is 72.9. The molecular weight excluding hydrogens is 965 g/mol. The average Bonchev–Trinajstić information content (AvgIpc) is 1.53. The van der Waals surface area contributed by atoms with E-state index in [9.17, 15) is 42.0 Å². The summed E-state index contributed by atoms with van der Waals surface area (Å²) in [6.45, 7) is 10.00. The van der Waals surface area contributed by atoms with Gasteiger partial charge in [0.25, 0.3) is 0 Å². The van der Waals surface area contributed by atoms with Gasteiger partial charge in [0.1, 0.15) is 17.2 Å². The number of aromatic nitrogens is 4. The average molecular weight is 1030 g/mol. The molecule has 0 atom stereocenters. The third-order valence-electron chi connectivity index (χ3n) is 15.0. The summed E-state index contributed by atoms with van der Waals surface area (Å²) in [6.07, 6.45) is 0. The van der Waals surface area contributed by atoms with Crippen molar-refractivity contribution in [2.75, 3.05) is 0 Å². The summed E-state index contributed by atoms with van der Waals surface area (Å²) in [7, 11) is 0. The molecule has 364 valence electrons. The molecule has 5 heterocycles. The summed E-state index contributed by atoms with van der Waals surface area (Å²) in [4.78, 5) is 4.29. The molecule has 17 rings (SSSR count). The van der Waals surface area contributed by atoms with E-state index in [1.807, 2.05) is 48.5 Å². The van der Waals surface area contributed by atoms with Crippen LogP contribution in [0.5, 0.6) is 0 Å². The van der Waals surface area contributed by atoms with Crippen LogP contribution < -0.4 is 0 Å². The number of fused-ring (bicyclic) bond motifs is 17. The summed E-state index contributed by atoms with van der Waals surface area (Å²) >= 11 is 0. The van der Waals surface area contributed by atoms with Crippen LogP contribution in [0.2, 0.25) is 0 Å². The minimum Gasteiger partial charge on any atom is -0.456 e. The largest absolute Gasteiger partial charge is 0.456 e. The van der Waals surface area contributed by atoms with Gasteiger partial charge >= 0.3 is 0 Å². The maximum absolute atomic E-state index is 13.1. The van der Waals surface area contributed by atoms with E-state index >= 15 is 0 Å². The number of nitrogens with zero attached hydrogens (tertiary/aromatic N) is 6. The molecule has 0 unspecified atom stereocenters. The van der Waals surface area contributed by atoms with Gasteiger partial charge in [-0.25, -0.2) is 4.85 Å². The topological polar surface area (TPSA) is 61.0 Å². The van der Waals surface area contributed by atoms with Crippen LogP contribution in [-0.2, 0) is 0 Å². The second-order valence-corrected chi connectivity index (χ2v) is 18.7.